The van der Waals surface area contributed by atoms with E-state index in [1.54, 1.807) is 0 Å². The third-order valence-electron chi connectivity index (χ3n) is 3.30. The standard InChI is InChI=1S/C13H14F2N2O2/c1-2-7(3-4-16)17-12(18)8-5-10(14)11(15)6-9(8)13(17)19/h5-7H,2-4,16H2,1H3. The van der Waals surface area contributed by atoms with E-state index in [-0.39, 0.29) is 17.2 Å². The Hall–Kier alpha value is -1.82. The molecule has 2 amide bonds. The molecular weight excluding hydrogens is 254 g/mol. The molecule has 1 aromatic rings. The zero-order chi connectivity index (χ0) is 14.2. The van der Waals surface area contributed by atoms with Gasteiger partial charge in [0.2, 0.25) is 0 Å². The first kappa shape index (κ1) is 13.6. The maximum atomic E-state index is 13.2. The van der Waals surface area contributed by atoms with Crippen LogP contribution in [0.2, 0.25) is 0 Å². The van der Waals surface area contributed by atoms with Crippen LogP contribution in [0.4, 0.5) is 8.78 Å². The van der Waals surface area contributed by atoms with E-state index >= 15 is 0 Å². The summed E-state index contributed by atoms with van der Waals surface area (Å²) in [5, 5.41) is 0. The Bertz CT molecular complexity index is 505. The number of nitrogens with zero attached hydrogens (tertiary/aromatic N) is 1. The minimum absolute atomic E-state index is 0.0839. The number of hydrogen-bond acceptors (Lipinski definition) is 3. The van der Waals surface area contributed by atoms with Crippen LogP contribution in [0.25, 0.3) is 0 Å². The highest BCUT2D eigenvalue weighted by molar-refractivity contribution is 6.21. The van der Waals surface area contributed by atoms with Crippen molar-refractivity contribution in [1.82, 2.24) is 4.90 Å². The maximum Gasteiger partial charge on any atom is 0.261 e. The van der Waals surface area contributed by atoms with Gasteiger partial charge in [0, 0.05) is 6.04 Å². The number of imide groups is 1. The average Bonchev–Trinajstić information content (AvgIpc) is 2.61. The number of nitrogens with two attached hydrogens (primary N) is 1. The first-order valence-corrected chi connectivity index (χ1v) is 6.08. The highest BCUT2D eigenvalue weighted by atomic mass is 19.2. The van der Waals surface area contributed by atoms with Gasteiger partial charge in [-0.15, -0.1) is 0 Å². The molecule has 0 radical (unpaired) electrons. The molecule has 0 bridgehead atoms. The van der Waals surface area contributed by atoms with Crippen LogP contribution in [0.5, 0.6) is 0 Å². The normalized spacial score (nSPS) is 15.9. The van der Waals surface area contributed by atoms with Crippen molar-refractivity contribution in [2.24, 2.45) is 5.73 Å². The molecule has 1 aliphatic rings. The van der Waals surface area contributed by atoms with Crippen LogP contribution in [-0.2, 0) is 0 Å². The molecule has 0 aliphatic carbocycles. The second-order valence-electron chi connectivity index (χ2n) is 4.43. The van der Waals surface area contributed by atoms with E-state index in [2.05, 4.69) is 0 Å². The van der Waals surface area contributed by atoms with E-state index in [1.165, 1.54) is 0 Å². The SMILES string of the molecule is CCC(CCN)N1C(=O)c2cc(F)c(F)cc2C1=O. The minimum Gasteiger partial charge on any atom is -0.330 e. The van der Waals surface area contributed by atoms with Crippen LogP contribution in [-0.4, -0.2) is 29.3 Å². The Morgan fingerprint density at radius 3 is 2.00 bits per heavy atom. The van der Waals surface area contributed by atoms with Crippen LogP contribution in [0.15, 0.2) is 12.1 Å². The molecule has 1 aliphatic heterocycles. The Morgan fingerprint density at radius 1 is 1.16 bits per heavy atom. The van der Waals surface area contributed by atoms with Gasteiger partial charge in [-0.25, -0.2) is 8.78 Å². The van der Waals surface area contributed by atoms with Crippen molar-refractivity contribution in [3.63, 3.8) is 0 Å². The van der Waals surface area contributed by atoms with Gasteiger partial charge in [0.15, 0.2) is 11.6 Å². The first-order valence-electron chi connectivity index (χ1n) is 6.08. The third-order valence-corrected chi connectivity index (χ3v) is 3.30. The summed E-state index contributed by atoms with van der Waals surface area (Å²) < 4.78 is 26.3. The summed E-state index contributed by atoms with van der Waals surface area (Å²) in [6.07, 6.45) is 1.01. The van der Waals surface area contributed by atoms with Crippen LogP contribution in [0.3, 0.4) is 0 Å². The van der Waals surface area contributed by atoms with Crippen molar-refractivity contribution in [3.05, 3.63) is 34.9 Å². The molecule has 6 heteroatoms. The monoisotopic (exact) mass is 268 g/mol. The van der Waals surface area contributed by atoms with E-state index < -0.39 is 23.4 Å². The molecule has 2 N–H and O–H groups in total. The molecule has 4 nitrogen and oxygen atoms in total. The lowest BCUT2D eigenvalue weighted by Gasteiger charge is -2.24. The van der Waals surface area contributed by atoms with Crippen molar-refractivity contribution in [2.75, 3.05) is 6.54 Å². The third kappa shape index (κ3) is 2.12. The molecule has 19 heavy (non-hydrogen) atoms. The van der Waals surface area contributed by atoms with E-state index in [4.69, 9.17) is 5.73 Å². The molecule has 0 saturated carbocycles. The van der Waals surface area contributed by atoms with Gasteiger partial charge < -0.3 is 5.73 Å². The number of hydrogen-bond donors (Lipinski definition) is 1. The van der Waals surface area contributed by atoms with Crippen molar-refractivity contribution < 1.29 is 18.4 Å². The van der Waals surface area contributed by atoms with Gasteiger partial charge >= 0.3 is 0 Å². The van der Waals surface area contributed by atoms with Gasteiger partial charge in [0.05, 0.1) is 11.1 Å². The molecule has 1 heterocycles. The van der Waals surface area contributed by atoms with Crippen LogP contribution < -0.4 is 5.73 Å². The number of benzene rings is 1. The quantitative estimate of drug-likeness (QED) is 0.845. The molecule has 2 rings (SSSR count). The number of amides is 2. The minimum atomic E-state index is -1.13. The van der Waals surface area contributed by atoms with Gasteiger partial charge in [-0.05, 0) is 31.5 Å². The highest BCUT2D eigenvalue weighted by Crippen LogP contribution is 2.28. The number of carbonyl (C=O) groups is 2. The lowest BCUT2D eigenvalue weighted by Crippen LogP contribution is -2.40. The zero-order valence-electron chi connectivity index (χ0n) is 10.5. The molecule has 1 unspecified atom stereocenters. The summed E-state index contributed by atoms with van der Waals surface area (Å²) in [4.78, 5) is 25.3. The maximum absolute atomic E-state index is 13.2. The van der Waals surface area contributed by atoms with Crippen molar-refractivity contribution in [2.45, 2.75) is 25.8 Å². The summed E-state index contributed by atoms with van der Waals surface area (Å²) >= 11 is 0. The lowest BCUT2D eigenvalue weighted by atomic mass is 10.1. The predicted molar refractivity (Wildman–Crippen MR) is 64.6 cm³/mol. The Morgan fingerprint density at radius 2 is 1.63 bits per heavy atom. The van der Waals surface area contributed by atoms with E-state index in [9.17, 15) is 18.4 Å². The Balaban J connectivity index is 2.44. The van der Waals surface area contributed by atoms with Gasteiger partial charge in [-0.1, -0.05) is 6.92 Å². The number of fused-ring (bicyclic) bond motifs is 1. The van der Waals surface area contributed by atoms with Crippen LogP contribution in [0.1, 0.15) is 40.5 Å². The zero-order valence-corrected chi connectivity index (χ0v) is 10.5. The lowest BCUT2D eigenvalue weighted by molar-refractivity contribution is 0.0574. The van der Waals surface area contributed by atoms with Crippen molar-refractivity contribution in [1.29, 1.82) is 0 Å². The summed E-state index contributed by atoms with van der Waals surface area (Å²) in [5.41, 5.74) is 5.28. The smallest absolute Gasteiger partial charge is 0.261 e. The highest BCUT2D eigenvalue weighted by Gasteiger charge is 2.40. The van der Waals surface area contributed by atoms with E-state index in [1.807, 2.05) is 6.92 Å². The number of rotatable bonds is 4. The van der Waals surface area contributed by atoms with Gasteiger partial charge in [0.25, 0.3) is 11.8 Å². The second kappa shape index (κ2) is 5.05. The fourth-order valence-corrected chi connectivity index (χ4v) is 2.29. The predicted octanol–water partition coefficient (Wildman–Crippen LogP) is 1.69. The molecule has 0 aromatic heterocycles. The first-order chi connectivity index (χ1) is 9.01. The van der Waals surface area contributed by atoms with Crippen molar-refractivity contribution in [3.8, 4) is 0 Å². The largest absolute Gasteiger partial charge is 0.330 e. The van der Waals surface area contributed by atoms with E-state index in [0.29, 0.717) is 19.4 Å². The molecule has 1 aromatic carbocycles. The van der Waals surface area contributed by atoms with Crippen molar-refractivity contribution >= 4 is 11.8 Å². The number of halogens is 2. The van der Waals surface area contributed by atoms with E-state index in [0.717, 1.165) is 17.0 Å². The summed E-state index contributed by atoms with van der Waals surface area (Å²) in [6.45, 7) is 2.15. The van der Waals surface area contributed by atoms with Gasteiger partial charge in [-0.2, -0.15) is 0 Å². The van der Waals surface area contributed by atoms with Crippen LogP contribution in [0, 0.1) is 11.6 Å². The topological polar surface area (TPSA) is 63.4 Å². The molecule has 102 valence electrons. The fourth-order valence-electron chi connectivity index (χ4n) is 2.29. The Kier molecular flexibility index (Phi) is 3.61. The molecule has 0 fully saturated rings. The summed E-state index contributed by atoms with van der Waals surface area (Å²) in [7, 11) is 0. The fraction of sp³-hybridized carbons (Fsp3) is 0.385. The molecule has 0 saturated heterocycles. The molecule has 1 atom stereocenters. The summed E-state index contributed by atoms with van der Waals surface area (Å²) in [6, 6.07) is 1.21. The molecular formula is C13H14F2N2O2. The molecule has 0 spiro atoms. The summed E-state index contributed by atoms with van der Waals surface area (Å²) in [5.74, 6) is -3.43. The number of carbonyl (C=O) groups excluding carboxylic acids is 2. The van der Waals surface area contributed by atoms with Gasteiger partial charge in [-0.3, -0.25) is 14.5 Å². The Labute approximate surface area is 109 Å². The van der Waals surface area contributed by atoms with Crippen LogP contribution >= 0.6 is 0 Å². The average molecular weight is 268 g/mol. The second-order valence-corrected chi connectivity index (χ2v) is 4.43. The van der Waals surface area contributed by atoms with Gasteiger partial charge in [0.1, 0.15) is 0 Å².